The molecule has 1 fully saturated rings. The molecule has 0 aliphatic carbocycles. The van der Waals surface area contributed by atoms with E-state index in [0.717, 1.165) is 12.8 Å². The number of para-hydroxylation sites is 1. The lowest BCUT2D eigenvalue weighted by atomic mass is 10.1. The summed E-state index contributed by atoms with van der Waals surface area (Å²) < 4.78 is 33.9. The number of anilines is 2. The Labute approximate surface area is 176 Å². The summed E-state index contributed by atoms with van der Waals surface area (Å²) in [4.78, 5) is 26.0. The van der Waals surface area contributed by atoms with Crippen molar-refractivity contribution in [3.8, 4) is 5.75 Å². The number of benzene rings is 2. The minimum Gasteiger partial charge on any atom is -0.495 e. The van der Waals surface area contributed by atoms with Crippen LogP contribution in [0.5, 0.6) is 5.75 Å². The van der Waals surface area contributed by atoms with Crippen LogP contribution >= 0.6 is 0 Å². The predicted octanol–water partition coefficient (Wildman–Crippen LogP) is 3.00. The first-order valence-corrected chi connectivity index (χ1v) is 11.1. The quantitative estimate of drug-likeness (QED) is 0.732. The van der Waals surface area contributed by atoms with Crippen molar-refractivity contribution >= 4 is 33.2 Å². The molecule has 2 amide bonds. The molecule has 30 heavy (non-hydrogen) atoms. The smallest absolute Gasteiger partial charge is 0.262 e. The highest BCUT2D eigenvalue weighted by Crippen LogP contribution is 2.30. The van der Waals surface area contributed by atoms with Crippen LogP contribution in [0, 0.1) is 6.92 Å². The van der Waals surface area contributed by atoms with Crippen LogP contribution in [-0.2, 0) is 14.8 Å². The Bertz CT molecular complexity index is 1080. The molecule has 1 aliphatic rings. The topological polar surface area (TPSA) is 105 Å². The highest BCUT2D eigenvalue weighted by atomic mass is 32.2. The Balaban J connectivity index is 1.98. The molecule has 2 N–H and O–H groups in total. The van der Waals surface area contributed by atoms with Crippen molar-refractivity contribution in [3.63, 3.8) is 0 Å². The summed E-state index contributed by atoms with van der Waals surface area (Å²) in [6.45, 7) is 4.40. The van der Waals surface area contributed by atoms with Crippen LogP contribution in [0.4, 0.5) is 11.4 Å². The van der Waals surface area contributed by atoms with E-state index in [1.807, 2.05) is 0 Å². The van der Waals surface area contributed by atoms with Crippen molar-refractivity contribution in [2.75, 3.05) is 30.2 Å². The van der Waals surface area contributed by atoms with Crippen LogP contribution in [0.2, 0.25) is 0 Å². The lowest BCUT2D eigenvalue weighted by Crippen LogP contribution is -2.29. The molecule has 8 nitrogen and oxygen atoms in total. The summed E-state index contributed by atoms with van der Waals surface area (Å²) >= 11 is 0. The molecular formula is C21H25N3O5S. The molecule has 0 aromatic heterocycles. The maximum Gasteiger partial charge on any atom is 0.262 e. The van der Waals surface area contributed by atoms with E-state index < -0.39 is 10.0 Å². The fraction of sp³-hybridized carbons (Fsp3) is 0.333. The van der Waals surface area contributed by atoms with E-state index in [0.29, 0.717) is 30.0 Å². The first-order chi connectivity index (χ1) is 14.2. The Morgan fingerprint density at radius 2 is 1.80 bits per heavy atom. The van der Waals surface area contributed by atoms with E-state index >= 15 is 0 Å². The van der Waals surface area contributed by atoms with Gasteiger partial charge in [-0.3, -0.25) is 14.3 Å². The number of nitrogens with one attached hydrogen (secondary N) is 2. The zero-order chi connectivity index (χ0) is 21.9. The number of ether oxygens (including phenoxy) is 1. The highest BCUT2D eigenvalue weighted by molar-refractivity contribution is 7.92. The molecule has 0 radical (unpaired) electrons. The Morgan fingerprint density at radius 1 is 1.10 bits per heavy atom. The number of methoxy groups -OCH3 is 1. The van der Waals surface area contributed by atoms with Crippen LogP contribution in [-0.4, -0.2) is 45.3 Å². The normalized spacial score (nSPS) is 13.8. The van der Waals surface area contributed by atoms with Crippen molar-refractivity contribution in [2.24, 2.45) is 0 Å². The predicted molar refractivity (Wildman–Crippen MR) is 114 cm³/mol. The van der Waals surface area contributed by atoms with Crippen molar-refractivity contribution in [3.05, 3.63) is 47.5 Å². The summed E-state index contributed by atoms with van der Waals surface area (Å²) in [6.07, 6.45) is 1.88. The first-order valence-electron chi connectivity index (χ1n) is 9.60. The Morgan fingerprint density at radius 3 is 2.43 bits per heavy atom. The minimum atomic E-state index is -4.03. The minimum absolute atomic E-state index is 0.0603. The van der Waals surface area contributed by atoms with Crippen LogP contribution in [0.1, 0.15) is 35.7 Å². The van der Waals surface area contributed by atoms with Gasteiger partial charge >= 0.3 is 0 Å². The molecule has 1 saturated heterocycles. The second-order valence-corrected chi connectivity index (χ2v) is 8.83. The van der Waals surface area contributed by atoms with E-state index in [9.17, 15) is 18.0 Å². The molecule has 1 aliphatic heterocycles. The molecular weight excluding hydrogens is 406 g/mol. The van der Waals surface area contributed by atoms with Gasteiger partial charge in [0.15, 0.2) is 0 Å². The second-order valence-electron chi connectivity index (χ2n) is 7.15. The number of hydrogen-bond donors (Lipinski definition) is 2. The maximum absolute atomic E-state index is 13.1. The van der Waals surface area contributed by atoms with Crippen molar-refractivity contribution < 1.29 is 22.7 Å². The van der Waals surface area contributed by atoms with Crippen molar-refractivity contribution in [1.82, 2.24) is 4.90 Å². The van der Waals surface area contributed by atoms with E-state index in [2.05, 4.69) is 10.0 Å². The van der Waals surface area contributed by atoms with Gasteiger partial charge in [-0.15, -0.1) is 0 Å². The van der Waals surface area contributed by atoms with Gasteiger partial charge in [-0.25, -0.2) is 8.42 Å². The average molecular weight is 432 g/mol. The summed E-state index contributed by atoms with van der Waals surface area (Å²) in [7, 11) is -2.60. The third-order valence-corrected chi connectivity index (χ3v) is 6.27. The molecule has 3 rings (SSSR count). The van der Waals surface area contributed by atoms with Gasteiger partial charge in [0.1, 0.15) is 5.75 Å². The van der Waals surface area contributed by atoms with Crippen LogP contribution in [0.3, 0.4) is 0 Å². The number of carbonyl (C=O) groups is 2. The van der Waals surface area contributed by atoms with Crippen molar-refractivity contribution in [1.29, 1.82) is 0 Å². The number of rotatable bonds is 6. The molecule has 0 saturated carbocycles. The molecule has 0 atom stereocenters. The average Bonchev–Trinajstić information content (AvgIpc) is 3.23. The lowest BCUT2D eigenvalue weighted by Gasteiger charge is -2.20. The largest absolute Gasteiger partial charge is 0.495 e. The van der Waals surface area contributed by atoms with Gasteiger partial charge in [0.25, 0.3) is 15.9 Å². The van der Waals surface area contributed by atoms with E-state index in [1.54, 1.807) is 30.0 Å². The standard InChI is InChI=1S/C21H25N3O5S/c1-14-7-6-8-17(21(26)24-11-4-5-12-24)20(14)23-30(27,28)16-9-10-19(29-3)18(13-16)22-15(2)25/h6-10,13,23H,4-5,11-12H2,1-3H3,(H,22,25). The number of nitrogens with zero attached hydrogens (tertiary/aromatic N) is 1. The number of likely N-dealkylation sites (tertiary alicyclic amines) is 1. The van der Waals surface area contributed by atoms with Gasteiger partial charge in [-0.1, -0.05) is 12.1 Å². The maximum atomic E-state index is 13.1. The molecule has 0 unspecified atom stereocenters. The lowest BCUT2D eigenvalue weighted by molar-refractivity contribution is -0.114. The van der Waals surface area contributed by atoms with Gasteiger partial charge in [0, 0.05) is 20.0 Å². The third kappa shape index (κ3) is 4.56. The van der Waals surface area contributed by atoms with Crippen molar-refractivity contribution in [2.45, 2.75) is 31.6 Å². The van der Waals surface area contributed by atoms with E-state index in [1.165, 1.54) is 32.2 Å². The number of sulfonamides is 1. The molecule has 160 valence electrons. The first kappa shape index (κ1) is 21.6. The molecule has 0 spiro atoms. The Hall–Kier alpha value is -3.07. The monoisotopic (exact) mass is 431 g/mol. The molecule has 2 aromatic rings. The zero-order valence-corrected chi connectivity index (χ0v) is 18.0. The van der Waals surface area contributed by atoms with Gasteiger partial charge in [-0.2, -0.15) is 0 Å². The summed E-state index contributed by atoms with van der Waals surface area (Å²) in [5.74, 6) is -0.208. The SMILES string of the molecule is COc1ccc(S(=O)(=O)Nc2c(C)cccc2C(=O)N2CCCC2)cc1NC(C)=O. The molecule has 9 heteroatoms. The number of amides is 2. The van der Waals surface area contributed by atoms with Gasteiger partial charge < -0.3 is 15.0 Å². The van der Waals surface area contributed by atoms with Crippen LogP contribution in [0.25, 0.3) is 0 Å². The molecule has 1 heterocycles. The number of aryl methyl sites for hydroxylation is 1. The van der Waals surface area contributed by atoms with E-state index in [4.69, 9.17) is 4.74 Å². The van der Waals surface area contributed by atoms with Crippen LogP contribution in [0.15, 0.2) is 41.3 Å². The van der Waals surface area contributed by atoms with Gasteiger partial charge in [0.05, 0.1) is 28.9 Å². The highest BCUT2D eigenvalue weighted by Gasteiger charge is 2.25. The summed E-state index contributed by atoms with van der Waals surface area (Å²) in [5.41, 5.74) is 1.45. The van der Waals surface area contributed by atoms with Gasteiger partial charge in [-0.05, 0) is 49.6 Å². The third-order valence-electron chi connectivity index (χ3n) is 4.92. The Kier molecular flexibility index (Phi) is 6.31. The second kappa shape index (κ2) is 8.74. The molecule has 2 aromatic carbocycles. The fourth-order valence-corrected chi connectivity index (χ4v) is 4.58. The summed E-state index contributed by atoms with van der Waals surface area (Å²) in [6, 6.07) is 9.28. The zero-order valence-electron chi connectivity index (χ0n) is 17.2. The fourth-order valence-electron chi connectivity index (χ4n) is 3.41. The number of carbonyl (C=O) groups excluding carboxylic acids is 2. The summed E-state index contributed by atoms with van der Waals surface area (Å²) in [5, 5.41) is 2.56. The van der Waals surface area contributed by atoms with E-state index in [-0.39, 0.29) is 28.1 Å². The van der Waals surface area contributed by atoms with Gasteiger partial charge in [0.2, 0.25) is 5.91 Å². The van der Waals surface area contributed by atoms with Crippen LogP contribution < -0.4 is 14.8 Å². The molecule has 0 bridgehead atoms. The number of hydrogen-bond acceptors (Lipinski definition) is 5.